The largest absolute Gasteiger partial charge is 0.326 e. The summed E-state index contributed by atoms with van der Waals surface area (Å²) in [5.41, 5.74) is 1.85. The second-order valence-corrected chi connectivity index (χ2v) is 7.11. The van der Waals surface area contributed by atoms with Crippen LogP contribution in [0.5, 0.6) is 0 Å². The van der Waals surface area contributed by atoms with Gasteiger partial charge in [-0.15, -0.1) is 0 Å². The summed E-state index contributed by atoms with van der Waals surface area (Å²) in [6.07, 6.45) is 0.174. The number of amides is 1. The Kier molecular flexibility index (Phi) is 4.21. The average Bonchev–Trinajstić information content (AvgIpc) is 2.30. The van der Waals surface area contributed by atoms with Crippen molar-refractivity contribution in [1.82, 2.24) is 5.32 Å². The molecule has 1 unspecified atom stereocenters. The number of carbonyl (C=O) groups is 1. The first-order valence-electron chi connectivity index (χ1n) is 6.25. The highest BCUT2D eigenvalue weighted by molar-refractivity contribution is 7.91. The third-order valence-electron chi connectivity index (χ3n) is 3.07. The molecule has 104 valence electrons. The summed E-state index contributed by atoms with van der Waals surface area (Å²) in [6.45, 7) is 2.40. The van der Waals surface area contributed by atoms with Crippen LogP contribution in [0.15, 0.2) is 24.3 Å². The molecule has 0 bridgehead atoms. The van der Waals surface area contributed by atoms with Gasteiger partial charge in [-0.3, -0.25) is 4.79 Å². The molecule has 1 atom stereocenters. The van der Waals surface area contributed by atoms with Gasteiger partial charge in [0.05, 0.1) is 11.5 Å². The van der Waals surface area contributed by atoms with E-state index in [1.54, 1.807) is 0 Å². The highest BCUT2D eigenvalue weighted by Gasteiger charge is 2.25. The van der Waals surface area contributed by atoms with Crippen molar-refractivity contribution in [3.8, 4) is 0 Å². The van der Waals surface area contributed by atoms with Crippen LogP contribution in [0.3, 0.4) is 0 Å². The van der Waals surface area contributed by atoms with Crippen molar-refractivity contribution in [1.29, 1.82) is 0 Å². The molecule has 6 heteroatoms. The fraction of sp³-hybridized carbons (Fsp3) is 0.462. The van der Waals surface area contributed by atoms with Gasteiger partial charge in [0.15, 0.2) is 9.84 Å². The minimum Gasteiger partial charge on any atom is -0.326 e. The van der Waals surface area contributed by atoms with E-state index in [1.807, 2.05) is 31.2 Å². The van der Waals surface area contributed by atoms with Crippen molar-refractivity contribution < 1.29 is 13.2 Å². The van der Waals surface area contributed by atoms with Gasteiger partial charge >= 0.3 is 0 Å². The Morgan fingerprint density at radius 1 is 1.37 bits per heavy atom. The average molecular weight is 282 g/mol. The second-order valence-electron chi connectivity index (χ2n) is 4.88. The summed E-state index contributed by atoms with van der Waals surface area (Å²) in [5, 5.41) is 5.83. The molecular formula is C13H18N2O3S. The summed E-state index contributed by atoms with van der Waals surface area (Å²) in [5.74, 6) is 0.0238. The predicted molar refractivity (Wildman–Crippen MR) is 74.9 cm³/mol. The Hall–Kier alpha value is -1.40. The molecule has 1 aromatic carbocycles. The predicted octanol–water partition coefficient (Wildman–Crippen LogP) is 0.710. The molecule has 1 aliphatic heterocycles. The molecule has 0 aliphatic carbocycles. The molecule has 0 aromatic heterocycles. The van der Waals surface area contributed by atoms with Gasteiger partial charge in [-0.05, 0) is 19.1 Å². The number of hydrogen-bond donors (Lipinski definition) is 2. The molecule has 1 amide bonds. The second kappa shape index (κ2) is 5.71. The van der Waals surface area contributed by atoms with Crippen LogP contribution in [-0.2, 0) is 14.6 Å². The van der Waals surface area contributed by atoms with E-state index in [0.717, 1.165) is 11.3 Å². The lowest BCUT2D eigenvalue weighted by atomic mass is 10.2. The summed E-state index contributed by atoms with van der Waals surface area (Å²) in [6, 6.07) is 7.21. The van der Waals surface area contributed by atoms with Gasteiger partial charge in [-0.2, -0.15) is 0 Å². The molecule has 1 heterocycles. The summed E-state index contributed by atoms with van der Waals surface area (Å²) in [4.78, 5) is 11.8. The molecule has 1 aliphatic rings. The van der Waals surface area contributed by atoms with Crippen LogP contribution in [0.2, 0.25) is 0 Å². The van der Waals surface area contributed by atoms with Crippen LogP contribution in [0.1, 0.15) is 12.0 Å². The third-order valence-corrected chi connectivity index (χ3v) is 4.80. The molecular weight excluding hydrogens is 264 g/mol. The molecule has 2 rings (SSSR count). The molecule has 1 aromatic rings. The first-order chi connectivity index (χ1) is 8.94. The van der Waals surface area contributed by atoms with Crippen LogP contribution >= 0.6 is 0 Å². The third kappa shape index (κ3) is 4.33. The minimum absolute atomic E-state index is 0.0360. The minimum atomic E-state index is -3.00. The van der Waals surface area contributed by atoms with E-state index in [4.69, 9.17) is 0 Å². The van der Waals surface area contributed by atoms with Crippen molar-refractivity contribution in [3.63, 3.8) is 0 Å². The zero-order chi connectivity index (χ0) is 13.9. The molecule has 1 saturated heterocycles. The van der Waals surface area contributed by atoms with Crippen LogP contribution in [0, 0.1) is 6.92 Å². The van der Waals surface area contributed by atoms with Crippen LogP contribution < -0.4 is 10.6 Å². The number of nitrogens with one attached hydrogen (secondary N) is 2. The van der Waals surface area contributed by atoms with Crippen LogP contribution in [0.4, 0.5) is 5.69 Å². The van der Waals surface area contributed by atoms with Crippen LogP contribution in [0.25, 0.3) is 0 Å². The summed E-state index contributed by atoms with van der Waals surface area (Å²) < 4.78 is 22.9. The molecule has 0 radical (unpaired) electrons. The van der Waals surface area contributed by atoms with E-state index in [2.05, 4.69) is 10.6 Å². The lowest BCUT2D eigenvalue weighted by molar-refractivity contribution is -0.116. The SMILES string of the molecule is Cc1ccc(NC(=O)CC2CS(=O)(=O)CCN2)cc1. The number of benzene rings is 1. The zero-order valence-electron chi connectivity index (χ0n) is 10.8. The molecule has 1 fully saturated rings. The Bertz CT molecular complexity index is 552. The van der Waals surface area contributed by atoms with E-state index in [9.17, 15) is 13.2 Å². The maximum Gasteiger partial charge on any atom is 0.225 e. The normalized spacial score (nSPS) is 21.8. The number of sulfone groups is 1. The van der Waals surface area contributed by atoms with Crippen molar-refractivity contribution >= 4 is 21.4 Å². The van der Waals surface area contributed by atoms with Gasteiger partial charge < -0.3 is 10.6 Å². The van der Waals surface area contributed by atoms with Crippen LogP contribution in [-0.4, -0.2) is 38.4 Å². The molecule has 19 heavy (non-hydrogen) atoms. The monoisotopic (exact) mass is 282 g/mol. The fourth-order valence-electron chi connectivity index (χ4n) is 2.07. The maximum atomic E-state index is 11.8. The number of carbonyl (C=O) groups excluding carboxylic acids is 1. The first-order valence-corrected chi connectivity index (χ1v) is 8.07. The molecule has 2 N–H and O–H groups in total. The number of anilines is 1. The highest BCUT2D eigenvalue weighted by atomic mass is 32.2. The number of hydrogen-bond acceptors (Lipinski definition) is 4. The lowest BCUT2D eigenvalue weighted by Gasteiger charge is -2.23. The summed E-state index contributed by atoms with van der Waals surface area (Å²) in [7, 11) is -3.00. The smallest absolute Gasteiger partial charge is 0.225 e. The fourth-order valence-corrected chi connectivity index (χ4v) is 3.52. The lowest BCUT2D eigenvalue weighted by Crippen LogP contribution is -2.46. The van der Waals surface area contributed by atoms with Gasteiger partial charge in [-0.25, -0.2) is 8.42 Å². The standard InChI is InChI=1S/C13H18N2O3S/c1-10-2-4-11(5-3-10)15-13(16)8-12-9-19(17,18)7-6-14-12/h2-5,12,14H,6-9H2,1H3,(H,15,16). The van der Waals surface area contributed by atoms with Crippen molar-refractivity contribution in [2.24, 2.45) is 0 Å². The number of aryl methyl sites for hydroxylation is 1. The van der Waals surface area contributed by atoms with E-state index in [1.165, 1.54) is 0 Å². The Morgan fingerprint density at radius 3 is 2.68 bits per heavy atom. The Morgan fingerprint density at radius 2 is 2.05 bits per heavy atom. The van der Waals surface area contributed by atoms with Gasteiger partial charge in [0, 0.05) is 24.7 Å². The van der Waals surface area contributed by atoms with Gasteiger partial charge in [0.2, 0.25) is 5.91 Å². The maximum absolute atomic E-state index is 11.8. The number of rotatable bonds is 3. The van der Waals surface area contributed by atoms with Gasteiger partial charge in [0.1, 0.15) is 0 Å². The van der Waals surface area contributed by atoms with Gasteiger partial charge in [0.25, 0.3) is 0 Å². The van der Waals surface area contributed by atoms with E-state index in [-0.39, 0.29) is 29.9 Å². The van der Waals surface area contributed by atoms with Gasteiger partial charge in [-0.1, -0.05) is 17.7 Å². The zero-order valence-corrected chi connectivity index (χ0v) is 11.7. The van der Waals surface area contributed by atoms with E-state index >= 15 is 0 Å². The Labute approximate surface area is 113 Å². The molecule has 0 saturated carbocycles. The molecule has 5 nitrogen and oxygen atoms in total. The highest BCUT2D eigenvalue weighted by Crippen LogP contribution is 2.11. The quantitative estimate of drug-likeness (QED) is 0.856. The molecule has 0 spiro atoms. The Balaban J connectivity index is 1.89. The van der Waals surface area contributed by atoms with Crippen molar-refractivity contribution in [3.05, 3.63) is 29.8 Å². The first kappa shape index (κ1) is 14.0. The topological polar surface area (TPSA) is 75.3 Å². The van der Waals surface area contributed by atoms with E-state index < -0.39 is 9.84 Å². The van der Waals surface area contributed by atoms with Crippen molar-refractivity contribution in [2.45, 2.75) is 19.4 Å². The van der Waals surface area contributed by atoms with Crippen molar-refractivity contribution in [2.75, 3.05) is 23.4 Å². The van der Waals surface area contributed by atoms with E-state index in [0.29, 0.717) is 6.54 Å². The summed E-state index contributed by atoms with van der Waals surface area (Å²) >= 11 is 0.